The summed E-state index contributed by atoms with van der Waals surface area (Å²) >= 11 is 0. The molecular formula is C31H38IN5. The fourth-order valence-corrected chi connectivity index (χ4v) is 6.33. The number of pyridine rings is 1. The molecule has 0 amide bonds. The van der Waals surface area contributed by atoms with Gasteiger partial charge in [-0.15, -0.1) is 0 Å². The van der Waals surface area contributed by atoms with E-state index in [4.69, 9.17) is 9.97 Å². The van der Waals surface area contributed by atoms with Crippen LogP contribution in [0.15, 0.2) is 42.5 Å². The first-order chi connectivity index (χ1) is 17.4. The number of nitrogens with zero attached hydrogens (tertiary/aromatic N) is 4. The molecule has 2 aromatic heterocycles. The van der Waals surface area contributed by atoms with E-state index in [0.717, 1.165) is 55.0 Å². The number of anilines is 2. The van der Waals surface area contributed by atoms with Gasteiger partial charge < -0.3 is 38.3 Å². The molecule has 2 aromatic carbocycles. The molecule has 0 unspecified atom stereocenters. The van der Waals surface area contributed by atoms with Gasteiger partial charge >= 0.3 is 0 Å². The Morgan fingerprint density at radius 1 is 0.892 bits per heavy atom. The maximum absolute atomic E-state index is 4.93. The lowest BCUT2D eigenvalue weighted by atomic mass is 10.0. The van der Waals surface area contributed by atoms with Crippen molar-refractivity contribution in [1.82, 2.24) is 14.5 Å². The van der Waals surface area contributed by atoms with E-state index in [9.17, 15) is 0 Å². The van der Waals surface area contributed by atoms with E-state index in [2.05, 4.69) is 80.2 Å². The van der Waals surface area contributed by atoms with Crippen molar-refractivity contribution in [3.05, 3.63) is 81.8 Å². The Hall–Kier alpha value is -2.45. The maximum atomic E-state index is 4.93. The van der Waals surface area contributed by atoms with Crippen molar-refractivity contribution in [3.63, 3.8) is 0 Å². The molecule has 2 aliphatic heterocycles. The van der Waals surface area contributed by atoms with Crippen LogP contribution in [0.5, 0.6) is 0 Å². The smallest absolute Gasteiger partial charge is 0.160 e. The first-order valence-corrected chi connectivity index (χ1v) is 13.6. The van der Waals surface area contributed by atoms with Crippen molar-refractivity contribution < 1.29 is 28.5 Å². The van der Waals surface area contributed by atoms with E-state index in [0.29, 0.717) is 0 Å². The molecule has 37 heavy (non-hydrogen) atoms. The highest BCUT2D eigenvalue weighted by Gasteiger charge is 2.27. The van der Waals surface area contributed by atoms with Gasteiger partial charge in [-0.1, -0.05) is 25.1 Å². The number of aromatic nitrogens is 3. The topological polar surface area (TPSA) is 42.7 Å². The molecule has 0 saturated carbocycles. The van der Waals surface area contributed by atoms with Crippen molar-refractivity contribution in [2.75, 3.05) is 25.5 Å². The second kappa shape index (κ2) is 10.4. The minimum Gasteiger partial charge on any atom is -1.00 e. The Morgan fingerprint density at radius 2 is 1.54 bits per heavy atom. The minimum atomic E-state index is 0. The second-order valence-electron chi connectivity index (χ2n) is 11.3. The summed E-state index contributed by atoms with van der Waals surface area (Å²) in [7, 11) is 2.42. The van der Waals surface area contributed by atoms with E-state index in [1.165, 1.54) is 69.6 Å². The largest absolute Gasteiger partial charge is 1.00 e. The average Bonchev–Trinajstić information content (AvgIpc) is 3.38. The monoisotopic (exact) mass is 607 g/mol. The maximum Gasteiger partial charge on any atom is 0.160 e. The van der Waals surface area contributed by atoms with Crippen LogP contribution in [0.4, 0.5) is 11.4 Å². The van der Waals surface area contributed by atoms with Crippen LogP contribution in [0.1, 0.15) is 59.1 Å². The molecule has 194 valence electrons. The number of nitrogens with one attached hydrogen (secondary N) is 1. The number of hydrogen-bond donors (Lipinski definition) is 1. The molecule has 0 aliphatic carbocycles. The quantitative estimate of drug-likeness (QED) is 0.280. The number of hydrogen-bond acceptors (Lipinski definition) is 3. The highest BCUT2D eigenvalue weighted by Crippen LogP contribution is 2.33. The van der Waals surface area contributed by atoms with Crippen molar-refractivity contribution in [3.8, 4) is 0 Å². The standard InChI is InChI=1S/C31H38N5.HI/c1-5-29-34-30-21(2)16-22(3)32-31(30)35(29)19-23-8-12-27-25(17-23)10-11-26-18-24(9-13-28(26)33-27)20-36(4)14-6-7-15-36;/h8-9,12-13,16-18,33H,5-7,10-11,14-15,19-20H2,1-4H3;1H/q+1;/p-1. The second-order valence-corrected chi connectivity index (χ2v) is 11.3. The lowest BCUT2D eigenvalue weighted by Crippen LogP contribution is -3.00. The number of imidazole rings is 1. The van der Waals surface area contributed by atoms with Crippen molar-refractivity contribution in [2.24, 2.45) is 0 Å². The first-order valence-electron chi connectivity index (χ1n) is 13.6. The summed E-state index contributed by atoms with van der Waals surface area (Å²) in [5.41, 5.74) is 12.4. The van der Waals surface area contributed by atoms with Gasteiger partial charge in [0.25, 0.3) is 0 Å². The molecule has 1 fully saturated rings. The zero-order valence-corrected chi connectivity index (χ0v) is 24.7. The van der Waals surface area contributed by atoms with Crippen LogP contribution < -0.4 is 29.3 Å². The third-order valence-electron chi connectivity index (χ3n) is 8.24. The molecule has 1 saturated heterocycles. The molecule has 0 radical (unpaired) electrons. The van der Waals surface area contributed by atoms with Crippen LogP contribution in [-0.2, 0) is 32.4 Å². The molecule has 2 aliphatic rings. The van der Waals surface area contributed by atoms with Gasteiger partial charge in [-0.3, -0.25) is 0 Å². The number of aryl methyl sites for hydroxylation is 5. The summed E-state index contributed by atoms with van der Waals surface area (Å²) in [6, 6.07) is 16.1. The molecule has 6 rings (SSSR count). The van der Waals surface area contributed by atoms with E-state index in [1.807, 2.05) is 0 Å². The highest BCUT2D eigenvalue weighted by molar-refractivity contribution is 5.76. The Kier molecular flexibility index (Phi) is 7.33. The van der Waals surface area contributed by atoms with E-state index < -0.39 is 0 Å². The van der Waals surface area contributed by atoms with Gasteiger partial charge in [-0.05, 0) is 73.2 Å². The third kappa shape index (κ3) is 5.15. The van der Waals surface area contributed by atoms with Crippen LogP contribution in [0.2, 0.25) is 0 Å². The fraction of sp³-hybridized carbons (Fsp3) is 0.419. The van der Waals surface area contributed by atoms with Gasteiger partial charge in [0.15, 0.2) is 5.65 Å². The SMILES string of the molecule is CCc1nc2c(C)cc(C)nc2n1Cc1ccc2c(c1)CCc1cc(C[N+]3(C)CCCC3)ccc1N2.[I-]. The Labute approximate surface area is 237 Å². The van der Waals surface area contributed by atoms with E-state index >= 15 is 0 Å². The predicted molar refractivity (Wildman–Crippen MR) is 148 cm³/mol. The lowest BCUT2D eigenvalue weighted by Gasteiger charge is -2.29. The predicted octanol–water partition coefficient (Wildman–Crippen LogP) is 3.25. The number of halogens is 1. The summed E-state index contributed by atoms with van der Waals surface area (Å²) in [4.78, 5) is 9.80. The zero-order valence-electron chi connectivity index (χ0n) is 22.6. The molecule has 5 nitrogen and oxygen atoms in total. The van der Waals surface area contributed by atoms with Crippen molar-refractivity contribution in [1.29, 1.82) is 0 Å². The number of rotatable bonds is 5. The molecule has 0 atom stereocenters. The summed E-state index contributed by atoms with van der Waals surface area (Å²) in [6.45, 7) is 11.0. The molecule has 4 aromatic rings. The van der Waals surface area contributed by atoms with Crippen LogP contribution >= 0.6 is 0 Å². The molecule has 4 heterocycles. The van der Waals surface area contributed by atoms with Gasteiger partial charge in [0.05, 0.1) is 26.7 Å². The number of fused-ring (bicyclic) bond motifs is 3. The number of likely N-dealkylation sites (tertiary alicyclic amines) is 1. The Bertz CT molecular complexity index is 1450. The Balaban J connectivity index is 0.00000280. The third-order valence-corrected chi connectivity index (χ3v) is 8.24. The molecule has 6 heteroatoms. The van der Waals surface area contributed by atoms with Crippen molar-refractivity contribution in [2.45, 2.75) is 66.0 Å². The molecule has 1 N–H and O–H groups in total. The summed E-state index contributed by atoms with van der Waals surface area (Å²) < 4.78 is 3.50. The van der Waals surface area contributed by atoms with Gasteiger partial charge in [-0.2, -0.15) is 0 Å². The molecule has 0 spiro atoms. The lowest BCUT2D eigenvalue weighted by molar-refractivity contribution is -0.910. The number of quaternary nitrogens is 1. The van der Waals surface area contributed by atoms with Crippen LogP contribution in [-0.4, -0.2) is 39.2 Å². The first kappa shape index (κ1) is 26.2. The van der Waals surface area contributed by atoms with Crippen LogP contribution in [0, 0.1) is 13.8 Å². The van der Waals surface area contributed by atoms with Crippen molar-refractivity contribution >= 4 is 22.5 Å². The van der Waals surface area contributed by atoms with E-state index in [1.54, 1.807) is 0 Å². The number of benzene rings is 2. The highest BCUT2D eigenvalue weighted by atomic mass is 127. The Morgan fingerprint density at radius 3 is 2.22 bits per heavy atom. The van der Waals surface area contributed by atoms with Gasteiger partial charge in [0.1, 0.15) is 17.9 Å². The summed E-state index contributed by atoms with van der Waals surface area (Å²) in [5, 5.41) is 3.75. The normalized spacial score (nSPS) is 16.0. The summed E-state index contributed by atoms with van der Waals surface area (Å²) in [6.07, 6.45) is 5.76. The fourth-order valence-electron chi connectivity index (χ4n) is 6.33. The van der Waals surface area contributed by atoms with Gasteiger partial charge in [0, 0.05) is 41.9 Å². The van der Waals surface area contributed by atoms with Crippen LogP contribution in [0.25, 0.3) is 11.2 Å². The van der Waals surface area contributed by atoms with Gasteiger partial charge in [0.2, 0.25) is 0 Å². The van der Waals surface area contributed by atoms with E-state index in [-0.39, 0.29) is 24.0 Å². The summed E-state index contributed by atoms with van der Waals surface area (Å²) in [5.74, 6) is 1.11. The van der Waals surface area contributed by atoms with Gasteiger partial charge in [-0.25, -0.2) is 9.97 Å². The van der Waals surface area contributed by atoms with Crippen LogP contribution in [0.3, 0.4) is 0 Å². The minimum absolute atomic E-state index is 0. The zero-order chi connectivity index (χ0) is 24.9. The average molecular weight is 608 g/mol. The molecule has 0 bridgehead atoms. The molecular weight excluding hydrogens is 569 g/mol.